The van der Waals surface area contributed by atoms with Crippen molar-refractivity contribution in [2.45, 2.75) is 36.8 Å². The largest absolute Gasteiger partial charge is 0.480 e. The van der Waals surface area contributed by atoms with Crippen molar-refractivity contribution in [2.24, 2.45) is 0 Å². The third-order valence-electron chi connectivity index (χ3n) is 2.37. The average Bonchev–Trinajstić information content (AvgIpc) is 2.29. The molecule has 1 rings (SSSR count). The topological polar surface area (TPSA) is 54.4 Å². The van der Waals surface area contributed by atoms with E-state index in [1.165, 1.54) is 18.7 Å². The zero-order valence-corrected chi connectivity index (χ0v) is 10.8. The normalized spacial score (nSPS) is 12.1. The first kappa shape index (κ1) is 13.8. The number of ketones is 1. The fourth-order valence-electron chi connectivity index (χ4n) is 1.43. The minimum Gasteiger partial charge on any atom is -0.480 e. The molecule has 0 aliphatic carbocycles. The van der Waals surface area contributed by atoms with E-state index < -0.39 is 11.2 Å². The number of carboxylic acid groups (broad SMARTS) is 1. The molecule has 0 heterocycles. The number of carboxylic acids is 1. The summed E-state index contributed by atoms with van der Waals surface area (Å²) < 4.78 is 0. The molecule has 0 aliphatic rings. The van der Waals surface area contributed by atoms with Crippen molar-refractivity contribution in [3.63, 3.8) is 0 Å². The van der Waals surface area contributed by atoms with Crippen molar-refractivity contribution in [2.75, 3.05) is 0 Å². The highest BCUT2D eigenvalue weighted by atomic mass is 32.2. The standard InChI is InChI=1S/C13H16O3S/c1-3-4-12(13(15)16)17-11-7-5-10(6-8-11)9(2)14/h5-8,12H,3-4H2,1-2H3,(H,15,16). The van der Waals surface area contributed by atoms with E-state index in [-0.39, 0.29) is 5.78 Å². The number of carbonyl (C=O) groups is 2. The van der Waals surface area contributed by atoms with Gasteiger partial charge >= 0.3 is 5.97 Å². The quantitative estimate of drug-likeness (QED) is 0.624. The van der Waals surface area contributed by atoms with Crippen LogP contribution in [0.2, 0.25) is 0 Å². The lowest BCUT2D eigenvalue weighted by Gasteiger charge is -2.10. The second-order valence-corrected chi connectivity index (χ2v) is 5.09. The van der Waals surface area contributed by atoms with Gasteiger partial charge in [-0.2, -0.15) is 0 Å². The van der Waals surface area contributed by atoms with Crippen molar-refractivity contribution in [1.29, 1.82) is 0 Å². The van der Waals surface area contributed by atoms with Crippen molar-refractivity contribution in [3.05, 3.63) is 29.8 Å². The van der Waals surface area contributed by atoms with Gasteiger partial charge in [-0.25, -0.2) is 0 Å². The highest BCUT2D eigenvalue weighted by molar-refractivity contribution is 8.00. The molecule has 92 valence electrons. The van der Waals surface area contributed by atoms with Crippen molar-refractivity contribution in [3.8, 4) is 0 Å². The molecule has 0 saturated heterocycles. The van der Waals surface area contributed by atoms with E-state index in [2.05, 4.69) is 0 Å². The Bertz CT molecular complexity index is 398. The van der Waals surface area contributed by atoms with Crippen LogP contribution in [0.5, 0.6) is 0 Å². The summed E-state index contributed by atoms with van der Waals surface area (Å²) in [6, 6.07) is 7.06. The molecule has 1 aromatic rings. The maximum atomic E-state index is 11.1. The van der Waals surface area contributed by atoms with Gasteiger partial charge in [-0.1, -0.05) is 25.5 Å². The van der Waals surface area contributed by atoms with Gasteiger partial charge in [0.15, 0.2) is 5.78 Å². The summed E-state index contributed by atoms with van der Waals surface area (Å²) in [6.07, 6.45) is 1.49. The van der Waals surface area contributed by atoms with E-state index in [1.807, 2.05) is 6.92 Å². The molecule has 3 nitrogen and oxygen atoms in total. The molecule has 17 heavy (non-hydrogen) atoms. The van der Waals surface area contributed by atoms with Crippen LogP contribution in [0.25, 0.3) is 0 Å². The van der Waals surface area contributed by atoms with E-state index >= 15 is 0 Å². The minimum atomic E-state index is -0.785. The van der Waals surface area contributed by atoms with Gasteiger partial charge in [-0.15, -0.1) is 11.8 Å². The van der Waals surface area contributed by atoms with Crippen LogP contribution in [-0.2, 0) is 4.79 Å². The predicted molar refractivity (Wildman–Crippen MR) is 68.6 cm³/mol. The lowest BCUT2D eigenvalue weighted by atomic mass is 10.2. The molecule has 0 radical (unpaired) electrons. The number of Topliss-reactive ketones (excluding diaryl/α,β-unsaturated/α-hetero) is 1. The Labute approximate surface area is 105 Å². The Kier molecular flexibility index (Phi) is 5.22. The highest BCUT2D eigenvalue weighted by Crippen LogP contribution is 2.26. The summed E-state index contributed by atoms with van der Waals surface area (Å²) in [5.41, 5.74) is 0.650. The first-order valence-corrected chi connectivity index (χ1v) is 6.43. The average molecular weight is 252 g/mol. The summed E-state index contributed by atoms with van der Waals surface area (Å²) in [6.45, 7) is 3.48. The van der Waals surface area contributed by atoms with Crippen LogP contribution in [0, 0.1) is 0 Å². The Morgan fingerprint density at radius 1 is 1.29 bits per heavy atom. The SMILES string of the molecule is CCCC(Sc1ccc(C(C)=O)cc1)C(=O)O. The zero-order valence-electron chi connectivity index (χ0n) is 9.97. The first-order valence-electron chi connectivity index (χ1n) is 5.55. The third-order valence-corrected chi connectivity index (χ3v) is 3.63. The molecule has 0 amide bonds. The number of rotatable bonds is 6. The van der Waals surface area contributed by atoms with Crippen molar-refractivity contribution < 1.29 is 14.7 Å². The van der Waals surface area contributed by atoms with E-state index in [0.29, 0.717) is 12.0 Å². The smallest absolute Gasteiger partial charge is 0.316 e. The second-order valence-electron chi connectivity index (χ2n) is 3.81. The number of aliphatic carboxylic acids is 1. The lowest BCUT2D eigenvalue weighted by Crippen LogP contribution is -2.15. The Balaban J connectivity index is 2.73. The molecule has 0 spiro atoms. The number of benzene rings is 1. The number of hydrogen-bond donors (Lipinski definition) is 1. The van der Waals surface area contributed by atoms with Gasteiger partial charge in [-0.3, -0.25) is 9.59 Å². The van der Waals surface area contributed by atoms with Gasteiger partial charge in [0.2, 0.25) is 0 Å². The molecule has 1 N–H and O–H groups in total. The summed E-state index contributed by atoms with van der Waals surface area (Å²) in [5, 5.41) is 8.62. The Hall–Kier alpha value is -1.29. The van der Waals surface area contributed by atoms with Crippen LogP contribution in [0.3, 0.4) is 0 Å². The van der Waals surface area contributed by atoms with E-state index in [9.17, 15) is 9.59 Å². The molecule has 1 unspecified atom stereocenters. The zero-order chi connectivity index (χ0) is 12.8. The fraction of sp³-hybridized carbons (Fsp3) is 0.385. The molecule has 0 saturated carbocycles. The van der Waals surface area contributed by atoms with Crippen molar-refractivity contribution in [1.82, 2.24) is 0 Å². The first-order chi connectivity index (χ1) is 8.04. The predicted octanol–water partition coefficient (Wildman–Crippen LogP) is 3.23. The second kappa shape index (κ2) is 6.45. The number of thioether (sulfide) groups is 1. The molecule has 1 aromatic carbocycles. The lowest BCUT2D eigenvalue weighted by molar-refractivity contribution is -0.136. The Morgan fingerprint density at radius 3 is 2.29 bits per heavy atom. The van der Waals surface area contributed by atoms with Crippen LogP contribution < -0.4 is 0 Å². The van der Waals surface area contributed by atoms with Crippen LogP contribution >= 0.6 is 11.8 Å². The van der Waals surface area contributed by atoms with Crippen LogP contribution in [-0.4, -0.2) is 22.1 Å². The van der Waals surface area contributed by atoms with E-state index in [1.54, 1.807) is 24.3 Å². The van der Waals surface area contributed by atoms with Crippen LogP contribution in [0.15, 0.2) is 29.2 Å². The Morgan fingerprint density at radius 2 is 1.88 bits per heavy atom. The molecule has 4 heteroatoms. The summed E-state index contributed by atoms with van der Waals surface area (Å²) in [4.78, 5) is 23.0. The maximum absolute atomic E-state index is 11.1. The van der Waals surface area contributed by atoms with Gasteiger partial charge < -0.3 is 5.11 Å². The van der Waals surface area contributed by atoms with Crippen molar-refractivity contribution >= 4 is 23.5 Å². The summed E-state index contributed by atoms with van der Waals surface area (Å²) >= 11 is 1.33. The molecular formula is C13H16O3S. The summed E-state index contributed by atoms with van der Waals surface area (Å²) in [7, 11) is 0. The molecule has 0 aromatic heterocycles. The van der Waals surface area contributed by atoms with Gasteiger partial charge in [0.05, 0.1) is 0 Å². The third kappa shape index (κ3) is 4.23. The van der Waals surface area contributed by atoms with Gasteiger partial charge in [0.1, 0.15) is 5.25 Å². The monoisotopic (exact) mass is 252 g/mol. The highest BCUT2D eigenvalue weighted by Gasteiger charge is 2.17. The van der Waals surface area contributed by atoms with Gasteiger partial charge in [-0.05, 0) is 25.5 Å². The molecule has 0 bridgehead atoms. The van der Waals surface area contributed by atoms with E-state index in [0.717, 1.165) is 11.3 Å². The molecule has 0 fully saturated rings. The molecule has 1 atom stereocenters. The summed E-state index contributed by atoms with van der Waals surface area (Å²) in [5.74, 6) is -0.766. The molecule has 0 aliphatic heterocycles. The molecular weight excluding hydrogens is 236 g/mol. The number of hydrogen-bond acceptors (Lipinski definition) is 3. The fourth-order valence-corrected chi connectivity index (χ4v) is 2.50. The minimum absolute atomic E-state index is 0.0184. The van der Waals surface area contributed by atoms with Gasteiger partial charge in [0.25, 0.3) is 0 Å². The number of carbonyl (C=O) groups excluding carboxylic acids is 1. The van der Waals surface area contributed by atoms with Gasteiger partial charge in [0, 0.05) is 10.5 Å². The van der Waals surface area contributed by atoms with E-state index in [4.69, 9.17) is 5.11 Å². The van der Waals surface area contributed by atoms with Crippen LogP contribution in [0.4, 0.5) is 0 Å². The maximum Gasteiger partial charge on any atom is 0.316 e. The van der Waals surface area contributed by atoms with Crippen LogP contribution in [0.1, 0.15) is 37.0 Å².